The molecule has 1 aliphatic heterocycles. The maximum absolute atomic E-state index is 12.4. The molecule has 1 aromatic carbocycles. The number of amides is 2. The van der Waals surface area contributed by atoms with E-state index in [0.717, 1.165) is 30.6 Å². The summed E-state index contributed by atoms with van der Waals surface area (Å²) in [5, 5.41) is 6.68. The van der Waals surface area contributed by atoms with Crippen molar-refractivity contribution in [1.82, 2.24) is 15.0 Å². The van der Waals surface area contributed by atoms with Crippen molar-refractivity contribution < 1.29 is 14.1 Å². The van der Waals surface area contributed by atoms with Crippen molar-refractivity contribution in [2.45, 2.75) is 39.4 Å². The predicted molar refractivity (Wildman–Crippen MR) is 88.6 cm³/mol. The van der Waals surface area contributed by atoms with Gasteiger partial charge >= 0.3 is 6.03 Å². The second-order valence-corrected chi connectivity index (χ2v) is 6.06. The van der Waals surface area contributed by atoms with Gasteiger partial charge in [-0.25, -0.2) is 4.79 Å². The number of anilines is 1. The first-order chi connectivity index (χ1) is 11.6. The highest BCUT2D eigenvalue weighted by Crippen LogP contribution is 2.17. The molecule has 1 fully saturated rings. The van der Waals surface area contributed by atoms with Crippen LogP contribution in [-0.2, 0) is 11.3 Å². The molecule has 2 aromatic rings. The number of rotatable bonds is 4. The molecule has 0 radical (unpaired) electrons. The van der Waals surface area contributed by atoms with E-state index < -0.39 is 0 Å². The molecule has 0 aliphatic carbocycles. The minimum Gasteiger partial charge on any atom is -0.367 e. The number of benzene rings is 1. The molecular formula is C17H22N4O3. The lowest BCUT2D eigenvalue weighted by atomic mass is 10.1. The summed E-state index contributed by atoms with van der Waals surface area (Å²) in [7, 11) is 0. The van der Waals surface area contributed by atoms with Gasteiger partial charge in [0.15, 0.2) is 5.82 Å². The fourth-order valence-corrected chi connectivity index (χ4v) is 2.77. The number of aromatic nitrogens is 2. The Balaban J connectivity index is 1.51. The van der Waals surface area contributed by atoms with E-state index in [1.54, 1.807) is 11.8 Å². The third-order valence-corrected chi connectivity index (χ3v) is 3.95. The lowest BCUT2D eigenvalue weighted by Gasteiger charge is -2.32. The van der Waals surface area contributed by atoms with Crippen LogP contribution in [0.5, 0.6) is 0 Å². The van der Waals surface area contributed by atoms with Gasteiger partial charge in [-0.15, -0.1) is 0 Å². The van der Waals surface area contributed by atoms with Crippen LogP contribution in [0, 0.1) is 13.8 Å². The highest BCUT2D eigenvalue weighted by atomic mass is 16.5. The Morgan fingerprint density at radius 1 is 1.46 bits per heavy atom. The fourth-order valence-electron chi connectivity index (χ4n) is 2.77. The average molecular weight is 330 g/mol. The molecule has 1 N–H and O–H groups in total. The van der Waals surface area contributed by atoms with E-state index in [0.29, 0.717) is 18.3 Å². The van der Waals surface area contributed by atoms with E-state index in [1.807, 2.05) is 31.2 Å². The van der Waals surface area contributed by atoms with Crippen LogP contribution in [0.2, 0.25) is 0 Å². The highest BCUT2D eigenvalue weighted by molar-refractivity contribution is 5.89. The Hall–Kier alpha value is -2.41. The van der Waals surface area contributed by atoms with Crippen molar-refractivity contribution in [2.24, 2.45) is 0 Å². The van der Waals surface area contributed by atoms with Crippen LogP contribution < -0.4 is 5.32 Å². The molecule has 0 spiro atoms. The minimum absolute atomic E-state index is 0.0192. The molecule has 24 heavy (non-hydrogen) atoms. The smallest absolute Gasteiger partial charge is 0.321 e. The number of piperidine rings is 1. The van der Waals surface area contributed by atoms with E-state index in [2.05, 4.69) is 15.5 Å². The number of nitrogens with one attached hydrogen (secondary N) is 1. The van der Waals surface area contributed by atoms with Crippen molar-refractivity contribution in [3.63, 3.8) is 0 Å². The summed E-state index contributed by atoms with van der Waals surface area (Å²) >= 11 is 0. The van der Waals surface area contributed by atoms with E-state index in [-0.39, 0.29) is 18.7 Å². The summed E-state index contributed by atoms with van der Waals surface area (Å²) in [6.07, 6.45) is 1.81. The van der Waals surface area contributed by atoms with Gasteiger partial charge in [0.1, 0.15) is 6.61 Å². The number of ether oxygens (including phenoxy) is 1. The molecule has 3 rings (SSSR count). The molecule has 1 unspecified atom stereocenters. The number of carbonyl (C=O) groups excluding carboxylic acids is 1. The van der Waals surface area contributed by atoms with Crippen LogP contribution in [0.15, 0.2) is 28.8 Å². The molecule has 0 bridgehead atoms. The Morgan fingerprint density at radius 2 is 2.33 bits per heavy atom. The van der Waals surface area contributed by atoms with Crippen molar-refractivity contribution in [1.29, 1.82) is 0 Å². The van der Waals surface area contributed by atoms with E-state index >= 15 is 0 Å². The number of urea groups is 1. The molecular weight excluding hydrogens is 308 g/mol. The van der Waals surface area contributed by atoms with Gasteiger partial charge < -0.3 is 19.5 Å². The molecule has 7 nitrogen and oxygen atoms in total. The van der Waals surface area contributed by atoms with Crippen LogP contribution in [0.4, 0.5) is 10.5 Å². The SMILES string of the molecule is Cc1cccc(NC(=O)N2CCCC(OCc3nc(C)no3)C2)c1. The van der Waals surface area contributed by atoms with Crippen molar-refractivity contribution >= 4 is 11.7 Å². The van der Waals surface area contributed by atoms with E-state index in [9.17, 15) is 4.79 Å². The predicted octanol–water partition coefficient (Wildman–Crippen LogP) is 2.90. The maximum Gasteiger partial charge on any atom is 0.321 e. The van der Waals surface area contributed by atoms with E-state index in [1.165, 1.54) is 0 Å². The standard InChI is InChI=1S/C17H22N4O3/c1-12-5-3-6-14(9-12)19-17(22)21-8-4-7-15(10-21)23-11-16-18-13(2)20-24-16/h3,5-6,9,15H,4,7-8,10-11H2,1-2H3,(H,19,22). The summed E-state index contributed by atoms with van der Waals surface area (Å²) in [5.74, 6) is 1.06. The topological polar surface area (TPSA) is 80.5 Å². The Morgan fingerprint density at radius 3 is 3.08 bits per heavy atom. The Kier molecular flexibility index (Phi) is 5.10. The van der Waals surface area contributed by atoms with Crippen molar-refractivity contribution in [3.8, 4) is 0 Å². The molecule has 1 aliphatic rings. The van der Waals surface area contributed by atoms with Crippen LogP contribution in [0.3, 0.4) is 0 Å². The van der Waals surface area contributed by atoms with Gasteiger partial charge in [0, 0.05) is 18.8 Å². The molecule has 2 amide bonds. The van der Waals surface area contributed by atoms with Crippen LogP contribution in [0.25, 0.3) is 0 Å². The monoisotopic (exact) mass is 330 g/mol. The van der Waals surface area contributed by atoms with Gasteiger partial charge in [-0.1, -0.05) is 17.3 Å². The maximum atomic E-state index is 12.4. The molecule has 0 saturated carbocycles. The molecule has 2 heterocycles. The first kappa shape index (κ1) is 16.4. The number of hydrogen-bond donors (Lipinski definition) is 1. The zero-order valence-electron chi connectivity index (χ0n) is 14.0. The summed E-state index contributed by atoms with van der Waals surface area (Å²) in [6.45, 7) is 5.34. The second kappa shape index (κ2) is 7.44. The van der Waals surface area contributed by atoms with Crippen molar-refractivity contribution in [2.75, 3.05) is 18.4 Å². The largest absolute Gasteiger partial charge is 0.367 e. The number of nitrogens with zero attached hydrogens (tertiary/aromatic N) is 3. The van der Waals surface area contributed by atoms with E-state index in [4.69, 9.17) is 9.26 Å². The second-order valence-electron chi connectivity index (χ2n) is 6.06. The number of carbonyl (C=O) groups is 1. The lowest BCUT2D eigenvalue weighted by Crippen LogP contribution is -2.45. The molecule has 1 saturated heterocycles. The Labute approximate surface area is 141 Å². The number of likely N-dealkylation sites (tertiary alicyclic amines) is 1. The van der Waals surface area contributed by atoms with Gasteiger partial charge in [-0.2, -0.15) is 4.98 Å². The first-order valence-electron chi connectivity index (χ1n) is 8.13. The molecule has 128 valence electrons. The normalized spacial score (nSPS) is 17.8. The minimum atomic E-state index is -0.0949. The molecule has 1 atom stereocenters. The van der Waals surface area contributed by atoms with Crippen LogP contribution in [-0.4, -0.2) is 40.3 Å². The van der Waals surface area contributed by atoms with Gasteiger partial charge in [-0.3, -0.25) is 0 Å². The first-order valence-corrected chi connectivity index (χ1v) is 8.13. The van der Waals surface area contributed by atoms with Gasteiger partial charge in [0.25, 0.3) is 5.89 Å². The summed E-state index contributed by atoms with van der Waals surface area (Å²) in [4.78, 5) is 18.3. The molecule has 1 aromatic heterocycles. The summed E-state index contributed by atoms with van der Waals surface area (Å²) < 4.78 is 10.9. The zero-order chi connectivity index (χ0) is 16.9. The third kappa shape index (κ3) is 4.32. The molecule has 7 heteroatoms. The average Bonchev–Trinajstić information content (AvgIpc) is 2.99. The summed E-state index contributed by atoms with van der Waals surface area (Å²) in [5.41, 5.74) is 1.92. The quantitative estimate of drug-likeness (QED) is 0.932. The highest BCUT2D eigenvalue weighted by Gasteiger charge is 2.24. The van der Waals surface area contributed by atoms with Crippen LogP contribution >= 0.6 is 0 Å². The van der Waals surface area contributed by atoms with Gasteiger partial charge in [0.05, 0.1) is 6.10 Å². The summed E-state index contributed by atoms with van der Waals surface area (Å²) in [6, 6.07) is 7.68. The Bertz CT molecular complexity index is 701. The van der Waals surface area contributed by atoms with Gasteiger partial charge in [-0.05, 0) is 44.4 Å². The third-order valence-electron chi connectivity index (χ3n) is 3.95. The fraction of sp³-hybridized carbons (Fsp3) is 0.471. The van der Waals surface area contributed by atoms with Crippen LogP contribution in [0.1, 0.15) is 30.1 Å². The number of hydrogen-bond acceptors (Lipinski definition) is 5. The van der Waals surface area contributed by atoms with Gasteiger partial charge in [0.2, 0.25) is 0 Å². The van der Waals surface area contributed by atoms with Crippen molar-refractivity contribution in [3.05, 3.63) is 41.5 Å². The lowest BCUT2D eigenvalue weighted by molar-refractivity contribution is -0.00916. The number of aryl methyl sites for hydroxylation is 2. The zero-order valence-corrected chi connectivity index (χ0v) is 14.0.